The van der Waals surface area contributed by atoms with Crippen molar-refractivity contribution in [3.05, 3.63) is 41.1 Å². The van der Waals surface area contributed by atoms with Crippen molar-refractivity contribution in [2.45, 2.75) is 41.5 Å². The zero-order valence-corrected chi connectivity index (χ0v) is 12.7. The third-order valence-electron chi connectivity index (χ3n) is 3.37. The van der Waals surface area contributed by atoms with Crippen molar-refractivity contribution in [3.63, 3.8) is 0 Å². The van der Waals surface area contributed by atoms with Gasteiger partial charge in [0.25, 0.3) is 0 Å². The van der Waals surface area contributed by atoms with E-state index in [-0.39, 0.29) is 11.4 Å². The van der Waals surface area contributed by atoms with E-state index in [1.54, 1.807) is 6.20 Å². The van der Waals surface area contributed by atoms with Gasteiger partial charge >= 0.3 is 6.03 Å². The van der Waals surface area contributed by atoms with E-state index in [4.69, 9.17) is 0 Å². The molecule has 0 saturated carbocycles. The molecule has 0 aromatic heterocycles. The summed E-state index contributed by atoms with van der Waals surface area (Å²) in [6, 6.07) is 5.66. The lowest BCUT2D eigenvalue weighted by Crippen LogP contribution is -2.25. The Hall–Kier alpha value is -1.77. The fraction of sp³-hybridized carbons (Fsp3) is 0.438. The number of hydrogen-bond donors (Lipinski definition) is 2. The summed E-state index contributed by atoms with van der Waals surface area (Å²) in [5, 5.41) is 5.58. The first-order valence-corrected chi connectivity index (χ1v) is 6.52. The van der Waals surface area contributed by atoms with Gasteiger partial charge in [-0.25, -0.2) is 4.79 Å². The zero-order valence-electron chi connectivity index (χ0n) is 12.7. The largest absolute Gasteiger partial charge is 0.323 e. The average Bonchev–Trinajstić information content (AvgIpc) is 2.29. The van der Waals surface area contributed by atoms with E-state index in [2.05, 4.69) is 38.3 Å². The summed E-state index contributed by atoms with van der Waals surface area (Å²) < 4.78 is 0. The van der Waals surface area contributed by atoms with Gasteiger partial charge in [-0.3, -0.25) is 0 Å². The lowest BCUT2D eigenvalue weighted by Gasteiger charge is -2.19. The number of urea groups is 1. The van der Waals surface area contributed by atoms with Crippen LogP contribution in [-0.4, -0.2) is 6.03 Å². The molecular formula is C16H24N2O. The van der Waals surface area contributed by atoms with Crippen LogP contribution in [-0.2, 0) is 0 Å². The normalized spacial score (nSPS) is 12.2. The van der Waals surface area contributed by atoms with Crippen LogP contribution in [0.1, 0.15) is 38.8 Å². The number of benzene rings is 1. The quantitative estimate of drug-likeness (QED) is 0.814. The maximum Gasteiger partial charge on any atom is 0.323 e. The predicted molar refractivity (Wildman–Crippen MR) is 81.3 cm³/mol. The molecule has 3 heteroatoms. The number of nitrogens with one attached hydrogen (secondary N) is 2. The van der Waals surface area contributed by atoms with Crippen LogP contribution >= 0.6 is 0 Å². The van der Waals surface area contributed by atoms with E-state index in [1.165, 1.54) is 11.1 Å². The molecule has 2 amide bonds. The van der Waals surface area contributed by atoms with Crippen LogP contribution in [0.5, 0.6) is 0 Å². The van der Waals surface area contributed by atoms with Crippen LogP contribution in [0.3, 0.4) is 0 Å². The van der Waals surface area contributed by atoms with Crippen LogP contribution in [0.4, 0.5) is 10.5 Å². The van der Waals surface area contributed by atoms with Crippen LogP contribution in [0.15, 0.2) is 30.0 Å². The highest BCUT2D eigenvalue weighted by molar-refractivity contribution is 5.90. The molecule has 0 heterocycles. The van der Waals surface area contributed by atoms with E-state index in [1.807, 2.05) is 32.0 Å². The number of rotatable bonds is 2. The molecule has 3 nitrogen and oxygen atoms in total. The van der Waals surface area contributed by atoms with Gasteiger partial charge in [-0.1, -0.05) is 32.4 Å². The topological polar surface area (TPSA) is 41.1 Å². The molecule has 0 atom stereocenters. The predicted octanol–water partition coefficient (Wildman–Crippen LogP) is 4.37. The summed E-state index contributed by atoms with van der Waals surface area (Å²) in [4.78, 5) is 11.8. The first-order valence-electron chi connectivity index (χ1n) is 6.52. The Bertz CT molecular complexity index is 496. The fourth-order valence-electron chi connectivity index (χ4n) is 1.38. The Morgan fingerprint density at radius 3 is 2.32 bits per heavy atom. The molecule has 0 fully saturated rings. The van der Waals surface area contributed by atoms with Crippen LogP contribution in [0, 0.1) is 19.3 Å². The van der Waals surface area contributed by atoms with Gasteiger partial charge < -0.3 is 10.6 Å². The third-order valence-corrected chi connectivity index (χ3v) is 3.37. The standard InChI is InChI=1S/C16H24N2O/c1-11-7-8-14(9-12(11)2)18-15(19)17-10-13(3)16(4,5)6/h7-10H,1-6H3,(H2,17,18,19)/b13-10+. The van der Waals surface area contributed by atoms with Crippen molar-refractivity contribution in [2.75, 3.05) is 5.32 Å². The van der Waals surface area contributed by atoms with E-state index < -0.39 is 0 Å². The Kier molecular flexibility index (Phi) is 4.76. The number of hydrogen-bond acceptors (Lipinski definition) is 1. The number of amides is 2. The summed E-state index contributed by atoms with van der Waals surface area (Å²) in [5.74, 6) is 0. The first-order chi connectivity index (χ1) is 8.70. The summed E-state index contributed by atoms with van der Waals surface area (Å²) in [6.07, 6.45) is 1.76. The van der Waals surface area contributed by atoms with Gasteiger partial charge in [-0.05, 0) is 49.4 Å². The van der Waals surface area contributed by atoms with Gasteiger partial charge in [-0.15, -0.1) is 0 Å². The van der Waals surface area contributed by atoms with Gasteiger partial charge in [0.1, 0.15) is 0 Å². The van der Waals surface area contributed by atoms with Gasteiger partial charge in [0.2, 0.25) is 0 Å². The lowest BCUT2D eigenvalue weighted by molar-refractivity contribution is 0.255. The van der Waals surface area contributed by atoms with Crippen LogP contribution in [0.25, 0.3) is 0 Å². The van der Waals surface area contributed by atoms with Gasteiger partial charge in [-0.2, -0.15) is 0 Å². The Labute approximate surface area is 116 Å². The second kappa shape index (κ2) is 5.91. The Morgan fingerprint density at radius 2 is 1.79 bits per heavy atom. The summed E-state index contributed by atoms with van der Waals surface area (Å²) >= 11 is 0. The van der Waals surface area contributed by atoms with Crippen molar-refractivity contribution in [2.24, 2.45) is 5.41 Å². The maximum atomic E-state index is 11.8. The minimum Gasteiger partial charge on any atom is -0.314 e. The molecule has 19 heavy (non-hydrogen) atoms. The van der Waals surface area contributed by atoms with Gasteiger partial charge in [0.15, 0.2) is 0 Å². The third kappa shape index (κ3) is 4.78. The summed E-state index contributed by atoms with van der Waals surface area (Å²) in [7, 11) is 0. The number of anilines is 1. The molecule has 0 aliphatic carbocycles. The summed E-state index contributed by atoms with van der Waals surface area (Å²) in [6.45, 7) is 12.4. The SMILES string of the molecule is C/C(=C\NC(=O)Nc1ccc(C)c(C)c1)C(C)(C)C. The molecule has 1 rings (SSSR count). The molecule has 0 aliphatic heterocycles. The van der Waals surface area contributed by atoms with Crippen molar-refractivity contribution < 1.29 is 4.79 Å². The molecule has 0 unspecified atom stereocenters. The molecule has 0 radical (unpaired) electrons. The number of carbonyl (C=O) groups excluding carboxylic acids is 1. The number of allylic oxidation sites excluding steroid dienone is 1. The van der Waals surface area contributed by atoms with Gasteiger partial charge in [0.05, 0.1) is 0 Å². The fourth-order valence-corrected chi connectivity index (χ4v) is 1.38. The Morgan fingerprint density at radius 1 is 1.16 bits per heavy atom. The van der Waals surface area contributed by atoms with E-state index in [0.29, 0.717) is 0 Å². The molecule has 0 saturated heterocycles. The maximum absolute atomic E-state index is 11.8. The minimum atomic E-state index is -0.216. The highest BCUT2D eigenvalue weighted by atomic mass is 16.2. The minimum absolute atomic E-state index is 0.0632. The van der Waals surface area contributed by atoms with Crippen molar-refractivity contribution in [3.8, 4) is 0 Å². The lowest BCUT2D eigenvalue weighted by atomic mass is 9.88. The van der Waals surface area contributed by atoms with E-state index in [0.717, 1.165) is 11.3 Å². The number of aryl methyl sites for hydroxylation is 2. The monoisotopic (exact) mass is 260 g/mol. The molecular weight excluding hydrogens is 236 g/mol. The van der Waals surface area contributed by atoms with Crippen molar-refractivity contribution in [1.82, 2.24) is 5.32 Å². The molecule has 0 bridgehead atoms. The van der Waals surface area contributed by atoms with E-state index >= 15 is 0 Å². The summed E-state index contributed by atoms with van der Waals surface area (Å²) in [5.41, 5.74) is 4.38. The van der Waals surface area contributed by atoms with Crippen LogP contribution in [0.2, 0.25) is 0 Å². The number of carbonyl (C=O) groups is 1. The van der Waals surface area contributed by atoms with Gasteiger partial charge in [0, 0.05) is 11.9 Å². The second-order valence-corrected chi connectivity index (χ2v) is 5.97. The molecule has 104 valence electrons. The smallest absolute Gasteiger partial charge is 0.314 e. The molecule has 0 aliphatic rings. The first kappa shape index (κ1) is 15.3. The second-order valence-electron chi connectivity index (χ2n) is 5.97. The molecule has 1 aromatic rings. The average molecular weight is 260 g/mol. The van der Waals surface area contributed by atoms with Crippen molar-refractivity contribution >= 4 is 11.7 Å². The molecule has 0 spiro atoms. The highest BCUT2D eigenvalue weighted by Gasteiger charge is 2.12. The molecule has 1 aromatic carbocycles. The highest BCUT2D eigenvalue weighted by Crippen LogP contribution is 2.23. The Balaban J connectivity index is 2.63. The zero-order chi connectivity index (χ0) is 14.6. The van der Waals surface area contributed by atoms with Crippen LogP contribution < -0.4 is 10.6 Å². The van der Waals surface area contributed by atoms with E-state index in [9.17, 15) is 4.79 Å². The van der Waals surface area contributed by atoms with Crippen molar-refractivity contribution in [1.29, 1.82) is 0 Å². The molecule has 2 N–H and O–H groups in total.